The van der Waals surface area contributed by atoms with Crippen LogP contribution in [0.25, 0.3) is 33.3 Å². The first-order valence-corrected chi connectivity index (χ1v) is 20.7. The Morgan fingerprint density at radius 2 is 0.596 bits per heavy atom. The van der Waals surface area contributed by atoms with Crippen molar-refractivity contribution in [3.8, 4) is 22.3 Å². The van der Waals surface area contributed by atoms with Crippen molar-refractivity contribution >= 4 is 57.1 Å². The molecule has 7 aromatic carbocycles. The highest BCUT2D eigenvalue weighted by atomic mass is 31.2. The van der Waals surface area contributed by atoms with Crippen molar-refractivity contribution < 1.29 is 9.13 Å². The Morgan fingerprint density at radius 3 is 0.904 bits per heavy atom. The quantitative estimate of drug-likeness (QED) is 0.148. The number of benzene rings is 7. The van der Waals surface area contributed by atoms with Gasteiger partial charge >= 0.3 is 0 Å². The number of aromatic nitrogens is 2. The second-order valence-corrected chi connectivity index (χ2v) is 18.3. The Bertz CT molecular complexity index is 2370. The summed E-state index contributed by atoms with van der Waals surface area (Å²) in [5, 5.41) is 4.52. The average molecular weight is 711 g/mol. The lowest BCUT2D eigenvalue weighted by atomic mass is 9.97. The third-order valence-electron chi connectivity index (χ3n) is 9.78. The molecule has 0 aliphatic heterocycles. The van der Waals surface area contributed by atoms with Gasteiger partial charge in [-0.3, -0.25) is 0 Å². The molecule has 0 N–H and O–H groups in total. The van der Waals surface area contributed by atoms with Gasteiger partial charge in [0.1, 0.15) is 0 Å². The smallest absolute Gasteiger partial charge is 0.171 e. The van der Waals surface area contributed by atoms with Gasteiger partial charge in [-0.05, 0) is 25.0 Å². The van der Waals surface area contributed by atoms with Gasteiger partial charge in [-0.1, -0.05) is 182 Å². The summed E-state index contributed by atoms with van der Waals surface area (Å²) in [5.74, 6) is 0. The zero-order chi connectivity index (χ0) is 35.7. The first-order valence-electron chi connectivity index (χ1n) is 17.3. The summed E-state index contributed by atoms with van der Waals surface area (Å²) >= 11 is 0. The van der Waals surface area contributed by atoms with Crippen molar-refractivity contribution in [1.29, 1.82) is 0 Å². The van der Waals surface area contributed by atoms with E-state index in [4.69, 9.17) is 9.97 Å². The largest absolute Gasteiger partial charge is 0.309 e. The highest BCUT2D eigenvalue weighted by molar-refractivity contribution is 7.86. The third-order valence-corrected chi connectivity index (χ3v) is 16.0. The van der Waals surface area contributed by atoms with Gasteiger partial charge in [0.15, 0.2) is 14.3 Å². The topological polar surface area (TPSA) is 59.9 Å². The minimum absolute atomic E-state index is 0.699. The van der Waals surface area contributed by atoms with E-state index in [0.717, 1.165) is 65.5 Å². The molecule has 252 valence electrons. The normalized spacial score (nSPS) is 11.8. The summed E-state index contributed by atoms with van der Waals surface area (Å²) < 4.78 is 31.4. The molecule has 0 aliphatic carbocycles. The summed E-state index contributed by atoms with van der Waals surface area (Å²) in [4.78, 5) is 10.4. The second-order valence-electron chi connectivity index (χ2n) is 12.8. The van der Waals surface area contributed by atoms with Crippen LogP contribution in [0.3, 0.4) is 0 Å². The molecular weight excluding hydrogens is 674 g/mol. The van der Waals surface area contributed by atoms with E-state index in [2.05, 4.69) is 12.1 Å². The first kappa shape index (κ1) is 33.5. The Kier molecular flexibility index (Phi) is 8.89. The molecular formula is C46H36N2O2P2. The van der Waals surface area contributed by atoms with Crippen LogP contribution in [0.4, 0.5) is 0 Å². The molecule has 8 rings (SSSR count). The highest BCUT2D eigenvalue weighted by Crippen LogP contribution is 2.48. The summed E-state index contributed by atoms with van der Waals surface area (Å²) in [7, 11) is -6.66. The molecule has 0 radical (unpaired) electrons. The van der Waals surface area contributed by atoms with Gasteiger partial charge < -0.3 is 9.13 Å². The van der Waals surface area contributed by atoms with Crippen LogP contribution in [-0.4, -0.2) is 9.97 Å². The van der Waals surface area contributed by atoms with Crippen LogP contribution >= 0.6 is 14.3 Å². The lowest BCUT2D eigenvalue weighted by Crippen LogP contribution is -2.26. The molecule has 1 heterocycles. The van der Waals surface area contributed by atoms with Crippen molar-refractivity contribution in [1.82, 2.24) is 9.97 Å². The van der Waals surface area contributed by atoms with E-state index in [1.807, 2.05) is 184 Å². The van der Waals surface area contributed by atoms with Crippen LogP contribution in [-0.2, 0) is 9.13 Å². The molecule has 6 heteroatoms. The number of rotatable bonds is 8. The Balaban J connectivity index is 1.40. The van der Waals surface area contributed by atoms with E-state index >= 15 is 9.13 Å². The fourth-order valence-electron chi connectivity index (χ4n) is 7.10. The predicted octanol–water partition coefficient (Wildman–Crippen LogP) is 8.86. The minimum atomic E-state index is -3.33. The first-order chi connectivity index (χ1) is 25.4. The van der Waals surface area contributed by atoms with E-state index < -0.39 is 14.3 Å². The van der Waals surface area contributed by atoms with Crippen molar-refractivity contribution in [3.63, 3.8) is 0 Å². The van der Waals surface area contributed by atoms with E-state index in [1.165, 1.54) is 0 Å². The Labute approximate surface area is 304 Å². The van der Waals surface area contributed by atoms with Gasteiger partial charge in [0.25, 0.3) is 0 Å². The van der Waals surface area contributed by atoms with Crippen LogP contribution in [0.5, 0.6) is 0 Å². The summed E-state index contributed by atoms with van der Waals surface area (Å²) in [6.45, 7) is 3.94. The van der Waals surface area contributed by atoms with Crippen molar-refractivity contribution in [3.05, 3.63) is 193 Å². The van der Waals surface area contributed by atoms with Crippen molar-refractivity contribution in [2.45, 2.75) is 13.8 Å². The van der Waals surface area contributed by atoms with Gasteiger partial charge in [0.05, 0.1) is 22.4 Å². The van der Waals surface area contributed by atoms with Gasteiger partial charge in [-0.2, -0.15) is 0 Å². The molecule has 0 amide bonds. The third kappa shape index (κ3) is 5.66. The lowest BCUT2D eigenvalue weighted by Gasteiger charge is -2.24. The fourth-order valence-corrected chi connectivity index (χ4v) is 12.8. The van der Waals surface area contributed by atoms with Crippen molar-refractivity contribution in [2.24, 2.45) is 0 Å². The maximum Gasteiger partial charge on any atom is 0.171 e. The Hall–Kier alpha value is -5.66. The molecule has 0 spiro atoms. The predicted molar refractivity (Wildman–Crippen MR) is 219 cm³/mol. The monoisotopic (exact) mass is 710 g/mol. The molecule has 8 aromatic rings. The van der Waals surface area contributed by atoms with Gasteiger partial charge in [0.2, 0.25) is 0 Å². The van der Waals surface area contributed by atoms with E-state index in [-0.39, 0.29) is 0 Å². The summed E-state index contributed by atoms with van der Waals surface area (Å²) in [5.41, 5.74) is 6.36. The average Bonchev–Trinajstić information content (AvgIpc) is 3.21. The molecule has 0 saturated carbocycles. The number of hydrogen-bond acceptors (Lipinski definition) is 4. The standard InChI is InChI=1S/C46H36N2O2P2/c1-33-34(2)48-46-42(40-28-16-18-30-44(40)52(50,37-23-11-5-12-24-37)38-25-13-6-14-26-38)32-31-41(45(46)47-33)39-27-15-17-29-43(39)51(49,35-19-7-3-8-20-35)36-21-9-4-10-22-36/h3-32H,1-2H3. The summed E-state index contributed by atoms with van der Waals surface area (Å²) in [6, 6.07) is 59.0. The molecule has 0 saturated heterocycles. The number of nitrogens with zero attached hydrogens (tertiary/aromatic N) is 2. The second kappa shape index (κ2) is 13.8. The zero-order valence-electron chi connectivity index (χ0n) is 28.9. The van der Waals surface area contributed by atoms with Crippen molar-refractivity contribution in [2.75, 3.05) is 0 Å². The van der Waals surface area contributed by atoms with Crippen LogP contribution in [0, 0.1) is 13.8 Å². The molecule has 0 aliphatic rings. The molecule has 0 atom stereocenters. The number of aryl methyl sites for hydroxylation is 2. The lowest BCUT2D eigenvalue weighted by molar-refractivity contribution is 0.591. The van der Waals surface area contributed by atoms with Gasteiger partial charge in [0, 0.05) is 43.0 Å². The van der Waals surface area contributed by atoms with Crippen LogP contribution < -0.4 is 31.8 Å². The molecule has 0 fully saturated rings. The van der Waals surface area contributed by atoms with Gasteiger partial charge in [-0.15, -0.1) is 0 Å². The number of hydrogen-bond donors (Lipinski definition) is 0. The molecule has 0 unspecified atom stereocenters. The zero-order valence-corrected chi connectivity index (χ0v) is 30.7. The maximum absolute atomic E-state index is 15.7. The molecule has 52 heavy (non-hydrogen) atoms. The maximum atomic E-state index is 15.7. The Morgan fingerprint density at radius 1 is 0.327 bits per heavy atom. The minimum Gasteiger partial charge on any atom is -0.309 e. The van der Waals surface area contributed by atoms with Crippen LogP contribution in [0.2, 0.25) is 0 Å². The van der Waals surface area contributed by atoms with Gasteiger partial charge in [-0.25, -0.2) is 9.97 Å². The molecule has 0 bridgehead atoms. The molecule has 4 nitrogen and oxygen atoms in total. The number of fused-ring (bicyclic) bond motifs is 1. The highest BCUT2D eigenvalue weighted by Gasteiger charge is 2.34. The SMILES string of the molecule is Cc1nc2c(-c3ccccc3P(=O)(c3ccccc3)c3ccccc3)ccc(-c3ccccc3P(=O)(c3ccccc3)c3ccccc3)c2nc1C. The fraction of sp³-hybridized carbons (Fsp3) is 0.0435. The summed E-state index contributed by atoms with van der Waals surface area (Å²) in [6.07, 6.45) is 0. The van der Waals surface area contributed by atoms with E-state index in [1.54, 1.807) is 0 Å². The van der Waals surface area contributed by atoms with Crippen LogP contribution in [0.1, 0.15) is 11.4 Å². The van der Waals surface area contributed by atoms with Crippen LogP contribution in [0.15, 0.2) is 182 Å². The van der Waals surface area contributed by atoms with E-state index in [9.17, 15) is 0 Å². The van der Waals surface area contributed by atoms with E-state index in [0.29, 0.717) is 11.0 Å². The molecule has 1 aromatic heterocycles.